The summed E-state index contributed by atoms with van der Waals surface area (Å²) in [4.78, 5) is 11.2. The normalized spacial score (nSPS) is 11.8. The van der Waals surface area contributed by atoms with Crippen molar-refractivity contribution in [2.75, 3.05) is 5.32 Å². The average Bonchev–Trinajstić information content (AvgIpc) is 2.38. The lowest BCUT2D eigenvalue weighted by molar-refractivity contribution is -0.138. The van der Waals surface area contributed by atoms with Crippen molar-refractivity contribution in [3.63, 3.8) is 0 Å². The van der Waals surface area contributed by atoms with E-state index in [0.29, 0.717) is 11.3 Å². The van der Waals surface area contributed by atoms with E-state index in [1.54, 1.807) is 12.1 Å². The lowest BCUT2D eigenvalue weighted by Gasteiger charge is -2.16. The van der Waals surface area contributed by atoms with E-state index < -0.39 is 12.0 Å². The maximum absolute atomic E-state index is 12.8. The number of carboxylic acid groups (broad SMARTS) is 1. The van der Waals surface area contributed by atoms with E-state index in [-0.39, 0.29) is 5.82 Å². The smallest absolute Gasteiger partial charge is 0.330 e. The van der Waals surface area contributed by atoms with Crippen molar-refractivity contribution in [2.45, 2.75) is 6.04 Å². The zero-order valence-electron chi connectivity index (χ0n) is 9.51. The molecule has 0 saturated heterocycles. The topological polar surface area (TPSA) is 49.3 Å². The van der Waals surface area contributed by atoms with Crippen LogP contribution in [0.4, 0.5) is 10.1 Å². The molecule has 0 amide bonds. The quantitative estimate of drug-likeness (QED) is 0.870. The van der Waals surface area contributed by atoms with Crippen LogP contribution in [-0.4, -0.2) is 11.1 Å². The van der Waals surface area contributed by atoms with Gasteiger partial charge in [-0.2, -0.15) is 0 Å². The van der Waals surface area contributed by atoms with Gasteiger partial charge in [0.25, 0.3) is 0 Å². The molecule has 1 unspecified atom stereocenters. The summed E-state index contributed by atoms with van der Waals surface area (Å²) in [5.41, 5.74) is 1.21. The zero-order chi connectivity index (χ0) is 13.0. The summed E-state index contributed by atoms with van der Waals surface area (Å²) in [6, 6.07) is 13.5. The molecule has 0 radical (unpaired) electrons. The van der Waals surface area contributed by atoms with Gasteiger partial charge in [-0.1, -0.05) is 30.3 Å². The van der Waals surface area contributed by atoms with Crippen LogP contribution >= 0.6 is 0 Å². The Morgan fingerprint density at radius 2 is 1.67 bits per heavy atom. The first-order valence-electron chi connectivity index (χ1n) is 5.46. The van der Waals surface area contributed by atoms with E-state index in [4.69, 9.17) is 0 Å². The van der Waals surface area contributed by atoms with Crippen LogP contribution in [0.15, 0.2) is 54.6 Å². The number of benzene rings is 2. The van der Waals surface area contributed by atoms with Gasteiger partial charge in [0.1, 0.15) is 5.82 Å². The van der Waals surface area contributed by atoms with E-state index >= 15 is 0 Å². The Morgan fingerprint density at radius 3 is 2.22 bits per heavy atom. The highest BCUT2D eigenvalue weighted by atomic mass is 19.1. The molecule has 18 heavy (non-hydrogen) atoms. The minimum atomic E-state index is -1.01. The summed E-state index contributed by atoms with van der Waals surface area (Å²) >= 11 is 0. The first kappa shape index (κ1) is 12.1. The summed E-state index contributed by atoms with van der Waals surface area (Å²) in [5, 5.41) is 12.1. The van der Waals surface area contributed by atoms with Crippen molar-refractivity contribution in [3.05, 3.63) is 66.0 Å². The van der Waals surface area contributed by atoms with Crippen LogP contribution in [0.3, 0.4) is 0 Å². The van der Waals surface area contributed by atoms with Crippen molar-refractivity contribution in [2.24, 2.45) is 0 Å². The molecule has 0 saturated carbocycles. The number of rotatable bonds is 4. The molecule has 0 aliphatic rings. The number of anilines is 1. The number of carbonyl (C=O) groups is 1. The molecule has 3 nitrogen and oxygen atoms in total. The number of nitrogens with one attached hydrogen (secondary N) is 1. The van der Waals surface area contributed by atoms with Gasteiger partial charge in [0, 0.05) is 5.69 Å². The molecule has 0 aliphatic carbocycles. The van der Waals surface area contributed by atoms with Crippen molar-refractivity contribution < 1.29 is 14.3 Å². The highest BCUT2D eigenvalue weighted by Gasteiger charge is 2.19. The first-order chi connectivity index (χ1) is 8.66. The fourth-order valence-electron chi connectivity index (χ4n) is 1.64. The highest BCUT2D eigenvalue weighted by Crippen LogP contribution is 2.20. The Kier molecular flexibility index (Phi) is 3.57. The van der Waals surface area contributed by atoms with Crippen LogP contribution in [0.5, 0.6) is 0 Å². The number of hydrogen-bond donors (Lipinski definition) is 2. The molecule has 0 bridgehead atoms. The summed E-state index contributed by atoms with van der Waals surface area (Å²) in [5.74, 6) is -1.40. The van der Waals surface area contributed by atoms with Crippen LogP contribution in [0.1, 0.15) is 11.6 Å². The van der Waals surface area contributed by atoms with E-state index in [2.05, 4.69) is 5.32 Å². The predicted octanol–water partition coefficient (Wildman–Crippen LogP) is 3.06. The third-order valence-corrected chi connectivity index (χ3v) is 2.54. The minimum absolute atomic E-state index is 0.386. The van der Waals surface area contributed by atoms with E-state index in [0.717, 1.165) is 0 Å². The molecule has 0 aliphatic heterocycles. The van der Waals surface area contributed by atoms with Crippen molar-refractivity contribution >= 4 is 11.7 Å². The van der Waals surface area contributed by atoms with E-state index in [1.807, 2.05) is 18.2 Å². The van der Waals surface area contributed by atoms with Gasteiger partial charge in [-0.25, -0.2) is 9.18 Å². The first-order valence-corrected chi connectivity index (χ1v) is 5.46. The Balaban J connectivity index is 2.24. The summed E-state index contributed by atoms with van der Waals surface area (Å²) in [6.07, 6.45) is 0. The number of carboxylic acids is 1. The van der Waals surface area contributed by atoms with Gasteiger partial charge in [0.15, 0.2) is 6.04 Å². The van der Waals surface area contributed by atoms with E-state index in [9.17, 15) is 14.3 Å². The lowest BCUT2D eigenvalue weighted by Crippen LogP contribution is -2.20. The molecule has 0 spiro atoms. The Morgan fingerprint density at radius 1 is 1.06 bits per heavy atom. The summed E-state index contributed by atoms with van der Waals surface area (Å²) in [7, 11) is 0. The predicted molar refractivity (Wildman–Crippen MR) is 66.8 cm³/mol. The van der Waals surface area contributed by atoms with Gasteiger partial charge >= 0.3 is 5.97 Å². The van der Waals surface area contributed by atoms with Gasteiger partial charge in [-0.15, -0.1) is 0 Å². The van der Waals surface area contributed by atoms with Crippen LogP contribution in [-0.2, 0) is 4.79 Å². The fraction of sp³-hybridized carbons (Fsp3) is 0.0714. The monoisotopic (exact) mass is 245 g/mol. The largest absolute Gasteiger partial charge is 0.479 e. The molecule has 4 heteroatoms. The van der Waals surface area contributed by atoms with Crippen LogP contribution in [0, 0.1) is 5.82 Å². The zero-order valence-corrected chi connectivity index (χ0v) is 9.51. The molecule has 1 atom stereocenters. The number of para-hydroxylation sites is 1. The fourth-order valence-corrected chi connectivity index (χ4v) is 1.64. The molecule has 2 aromatic rings. The average molecular weight is 245 g/mol. The van der Waals surface area contributed by atoms with Gasteiger partial charge in [0.2, 0.25) is 0 Å². The lowest BCUT2D eigenvalue weighted by atomic mass is 10.1. The third-order valence-electron chi connectivity index (χ3n) is 2.54. The molecule has 2 rings (SSSR count). The highest BCUT2D eigenvalue weighted by molar-refractivity contribution is 5.79. The maximum atomic E-state index is 12.8. The molecule has 2 aromatic carbocycles. The van der Waals surface area contributed by atoms with Gasteiger partial charge in [-0.3, -0.25) is 0 Å². The third kappa shape index (κ3) is 2.85. The summed E-state index contributed by atoms with van der Waals surface area (Å²) < 4.78 is 12.8. The molecule has 2 N–H and O–H groups in total. The molecule has 0 aromatic heterocycles. The number of aliphatic carboxylic acids is 1. The van der Waals surface area contributed by atoms with Gasteiger partial charge in [0.05, 0.1) is 0 Å². The van der Waals surface area contributed by atoms with Crippen LogP contribution in [0.25, 0.3) is 0 Å². The van der Waals surface area contributed by atoms with E-state index in [1.165, 1.54) is 24.3 Å². The Labute approximate surface area is 104 Å². The second-order valence-electron chi connectivity index (χ2n) is 3.83. The van der Waals surface area contributed by atoms with Crippen LogP contribution < -0.4 is 5.32 Å². The number of halogens is 1. The maximum Gasteiger partial charge on any atom is 0.330 e. The van der Waals surface area contributed by atoms with Crippen molar-refractivity contribution in [1.29, 1.82) is 0 Å². The molecule has 0 fully saturated rings. The Bertz CT molecular complexity index is 525. The second kappa shape index (κ2) is 5.31. The minimum Gasteiger partial charge on any atom is -0.479 e. The van der Waals surface area contributed by atoms with Crippen molar-refractivity contribution in [1.82, 2.24) is 0 Å². The molecule has 0 heterocycles. The number of hydrogen-bond acceptors (Lipinski definition) is 2. The standard InChI is InChI=1S/C14H12FNO2/c15-11-8-6-10(7-9-11)13(14(17)18)16-12-4-2-1-3-5-12/h1-9,13,16H,(H,17,18). The summed E-state index contributed by atoms with van der Waals surface area (Å²) in [6.45, 7) is 0. The molecule has 92 valence electrons. The SMILES string of the molecule is O=C(O)C(Nc1ccccc1)c1ccc(F)cc1. The van der Waals surface area contributed by atoms with Crippen LogP contribution in [0.2, 0.25) is 0 Å². The van der Waals surface area contributed by atoms with Gasteiger partial charge in [-0.05, 0) is 29.8 Å². The molecular formula is C14H12FNO2. The van der Waals surface area contributed by atoms with Crippen molar-refractivity contribution in [3.8, 4) is 0 Å². The van der Waals surface area contributed by atoms with Gasteiger partial charge < -0.3 is 10.4 Å². The second-order valence-corrected chi connectivity index (χ2v) is 3.83. The molecular weight excluding hydrogens is 233 g/mol. The Hall–Kier alpha value is -2.36.